The van der Waals surface area contributed by atoms with Crippen molar-refractivity contribution >= 4 is 48.6 Å². The van der Waals surface area contributed by atoms with Crippen LogP contribution in [0.25, 0.3) is 64.7 Å². The van der Waals surface area contributed by atoms with Gasteiger partial charge in [-0.25, -0.2) is 0 Å². The normalized spacial score (nSPS) is 12.9. The molecule has 0 N–H and O–H groups in total. The standard InChI is InChI=1S/C51H37NS/c1-51(2)47-19-11-9-17-42(47)43-30-29-41(33-48(43)51)52(39-25-21-35(22-26-39)34-13-5-3-6-14-34)40-27-23-36(24-28-40)38-31-45(37-15-7-4-8-16-37)50-46(32-38)44-18-10-12-20-49(44)53-50/h3-33H,1-2H3. The summed E-state index contributed by atoms with van der Waals surface area (Å²) in [4.78, 5) is 2.41. The van der Waals surface area contributed by atoms with Gasteiger partial charge in [0.05, 0.1) is 0 Å². The second-order valence-corrected chi connectivity index (χ2v) is 15.6. The number of benzene rings is 8. The Balaban J connectivity index is 1.10. The van der Waals surface area contributed by atoms with Crippen molar-refractivity contribution in [1.29, 1.82) is 0 Å². The molecule has 1 nitrogen and oxygen atoms in total. The van der Waals surface area contributed by atoms with Gasteiger partial charge in [0.2, 0.25) is 0 Å². The molecule has 0 amide bonds. The number of fused-ring (bicyclic) bond motifs is 6. The Bertz CT molecular complexity index is 2780. The fraction of sp³-hybridized carbons (Fsp3) is 0.0588. The quantitative estimate of drug-likeness (QED) is 0.167. The van der Waals surface area contributed by atoms with E-state index in [0.29, 0.717) is 0 Å². The molecule has 1 aromatic heterocycles. The van der Waals surface area contributed by atoms with Gasteiger partial charge in [-0.1, -0.05) is 147 Å². The van der Waals surface area contributed by atoms with Gasteiger partial charge in [0, 0.05) is 48.2 Å². The van der Waals surface area contributed by atoms with E-state index in [1.807, 2.05) is 11.3 Å². The van der Waals surface area contributed by atoms with Crippen molar-refractivity contribution in [1.82, 2.24) is 0 Å². The molecule has 1 aliphatic rings. The van der Waals surface area contributed by atoms with E-state index in [9.17, 15) is 0 Å². The number of rotatable bonds is 6. The topological polar surface area (TPSA) is 3.24 Å². The van der Waals surface area contributed by atoms with Crippen molar-refractivity contribution in [3.63, 3.8) is 0 Å². The number of nitrogens with zero attached hydrogens (tertiary/aromatic N) is 1. The van der Waals surface area contributed by atoms with Gasteiger partial charge in [0.25, 0.3) is 0 Å². The lowest BCUT2D eigenvalue weighted by molar-refractivity contribution is 0.660. The fourth-order valence-corrected chi connectivity index (χ4v) is 9.56. The van der Waals surface area contributed by atoms with Crippen LogP contribution in [0.3, 0.4) is 0 Å². The van der Waals surface area contributed by atoms with Crippen molar-refractivity contribution in [3.8, 4) is 44.5 Å². The van der Waals surface area contributed by atoms with Gasteiger partial charge >= 0.3 is 0 Å². The third-order valence-corrected chi connectivity index (χ3v) is 12.3. The van der Waals surface area contributed by atoms with Crippen molar-refractivity contribution < 1.29 is 0 Å². The molecule has 0 bridgehead atoms. The fourth-order valence-electron chi connectivity index (χ4n) is 8.34. The molecule has 2 heteroatoms. The van der Waals surface area contributed by atoms with E-state index in [1.165, 1.54) is 75.8 Å². The zero-order valence-electron chi connectivity index (χ0n) is 29.8. The zero-order valence-corrected chi connectivity index (χ0v) is 30.6. The molecule has 0 fully saturated rings. The summed E-state index contributed by atoms with van der Waals surface area (Å²) in [6, 6.07) is 69.0. The Morgan fingerprint density at radius 1 is 0.377 bits per heavy atom. The molecule has 0 spiro atoms. The maximum absolute atomic E-state index is 2.41. The van der Waals surface area contributed by atoms with Crippen LogP contribution in [-0.4, -0.2) is 0 Å². The van der Waals surface area contributed by atoms with Gasteiger partial charge in [0.1, 0.15) is 0 Å². The van der Waals surface area contributed by atoms with Gasteiger partial charge in [0.15, 0.2) is 0 Å². The zero-order chi connectivity index (χ0) is 35.5. The molecule has 0 saturated carbocycles. The molecule has 0 unspecified atom stereocenters. The minimum absolute atomic E-state index is 0.0877. The van der Waals surface area contributed by atoms with Crippen LogP contribution < -0.4 is 4.90 Å². The number of hydrogen-bond donors (Lipinski definition) is 0. The molecule has 0 saturated heterocycles. The van der Waals surface area contributed by atoms with Crippen LogP contribution in [0.1, 0.15) is 25.0 Å². The van der Waals surface area contributed by atoms with E-state index in [0.717, 1.165) is 17.1 Å². The lowest BCUT2D eigenvalue weighted by Crippen LogP contribution is -2.16. The third-order valence-electron chi connectivity index (χ3n) is 11.1. The van der Waals surface area contributed by atoms with E-state index in [2.05, 4.69) is 207 Å². The van der Waals surface area contributed by atoms with Crippen LogP contribution in [0.5, 0.6) is 0 Å². The molecule has 1 aliphatic carbocycles. The summed E-state index contributed by atoms with van der Waals surface area (Å²) in [5.74, 6) is 0. The van der Waals surface area contributed by atoms with Crippen molar-refractivity contribution in [2.75, 3.05) is 4.90 Å². The summed E-state index contributed by atoms with van der Waals surface area (Å²) >= 11 is 1.89. The molecule has 53 heavy (non-hydrogen) atoms. The molecule has 1 heterocycles. The van der Waals surface area contributed by atoms with Crippen molar-refractivity contribution in [2.24, 2.45) is 0 Å². The highest BCUT2D eigenvalue weighted by molar-refractivity contribution is 7.26. The van der Waals surface area contributed by atoms with Crippen LogP contribution in [0.15, 0.2) is 188 Å². The molecule has 0 aliphatic heterocycles. The molecule has 9 aromatic rings. The minimum atomic E-state index is -0.0877. The highest BCUT2D eigenvalue weighted by Gasteiger charge is 2.35. The molecular formula is C51H37NS. The Hall–Kier alpha value is -6.22. The molecule has 10 rings (SSSR count). The second kappa shape index (κ2) is 12.5. The highest BCUT2D eigenvalue weighted by Crippen LogP contribution is 2.51. The van der Waals surface area contributed by atoms with Gasteiger partial charge in [-0.3, -0.25) is 0 Å². The first-order valence-corrected chi connectivity index (χ1v) is 19.2. The van der Waals surface area contributed by atoms with Gasteiger partial charge in [-0.2, -0.15) is 0 Å². The third kappa shape index (κ3) is 5.29. The maximum atomic E-state index is 2.41. The van der Waals surface area contributed by atoms with Gasteiger partial charge in [-0.05, 0) is 105 Å². The Morgan fingerprint density at radius 2 is 0.925 bits per heavy atom. The molecule has 0 radical (unpaired) electrons. The van der Waals surface area contributed by atoms with Crippen molar-refractivity contribution in [2.45, 2.75) is 19.3 Å². The molecule has 0 atom stereocenters. The first-order chi connectivity index (χ1) is 26.0. The van der Waals surface area contributed by atoms with E-state index < -0.39 is 0 Å². The van der Waals surface area contributed by atoms with Crippen molar-refractivity contribution in [3.05, 3.63) is 199 Å². The largest absolute Gasteiger partial charge is 0.310 e. The summed E-state index contributed by atoms with van der Waals surface area (Å²) in [7, 11) is 0. The first-order valence-electron chi connectivity index (χ1n) is 18.3. The molecule has 252 valence electrons. The Morgan fingerprint density at radius 3 is 1.64 bits per heavy atom. The van der Waals surface area contributed by atoms with Crippen LogP contribution in [0.4, 0.5) is 17.1 Å². The average Bonchev–Trinajstić information content (AvgIpc) is 3.71. The number of thiophene rings is 1. The number of hydrogen-bond acceptors (Lipinski definition) is 2. The predicted octanol–water partition coefficient (Wildman–Crippen LogP) is 14.8. The smallest absolute Gasteiger partial charge is 0.0465 e. The van der Waals surface area contributed by atoms with E-state index in [-0.39, 0.29) is 5.41 Å². The second-order valence-electron chi connectivity index (χ2n) is 14.6. The average molecular weight is 696 g/mol. The number of anilines is 3. The lowest BCUT2D eigenvalue weighted by Gasteiger charge is -2.28. The van der Waals surface area contributed by atoms with E-state index >= 15 is 0 Å². The molecule has 8 aromatic carbocycles. The van der Waals surface area contributed by atoms with Crippen LogP contribution in [0, 0.1) is 0 Å². The summed E-state index contributed by atoms with van der Waals surface area (Å²) in [5, 5.41) is 2.63. The Labute approximate surface area is 315 Å². The summed E-state index contributed by atoms with van der Waals surface area (Å²) in [5.41, 5.74) is 16.1. The van der Waals surface area contributed by atoms with Gasteiger partial charge in [-0.15, -0.1) is 11.3 Å². The van der Waals surface area contributed by atoms with Gasteiger partial charge < -0.3 is 4.90 Å². The lowest BCUT2D eigenvalue weighted by atomic mass is 9.82. The first kappa shape index (κ1) is 31.5. The SMILES string of the molecule is CC1(C)c2ccccc2-c2ccc(N(c3ccc(-c4ccccc4)cc3)c3ccc(-c4cc(-c5ccccc5)c5sc6ccccc6c5c4)cc3)cc21. The highest BCUT2D eigenvalue weighted by atomic mass is 32.1. The summed E-state index contributed by atoms with van der Waals surface area (Å²) < 4.78 is 2.66. The van der Waals surface area contributed by atoms with E-state index in [4.69, 9.17) is 0 Å². The predicted molar refractivity (Wildman–Crippen MR) is 228 cm³/mol. The summed E-state index contributed by atoms with van der Waals surface area (Å²) in [6.07, 6.45) is 0. The molecular weight excluding hydrogens is 659 g/mol. The monoisotopic (exact) mass is 695 g/mol. The Kier molecular flexibility index (Phi) is 7.42. The van der Waals surface area contributed by atoms with Crippen LogP contribution in [0.2, 0.25) is 0 Å². The minimum Gasteiger partial charge on any atom is -0.310 e. The van der Waals surface area contributed by atoms with Crippen LogP contribution in [-0.2, 0) is 5.41 Å². The van der Waals surface area contributed by atoms with Crippen LogP contribution >= 0.6 is 11.3 Å². The van der Waals surface area contributed by atoms with E-state index in [1.54, 1.807) is 0 Å². The summed E-state index contributed by atoms with van der Waals surface area (Å²) in [6.45, 7) is 4.71. The maximum Gasteiger partial charge on any atom is 0.0465 e.